The topological polar surface area (TPSA) is 0 Å². The molecule has 0 aromatic heterocycles. The molecule has 0 N–H and O–H groups in total. The molecule has 2 unspecified atom stereocenters. The van der Waals surface area contributed by atoms with Gasteiger partial charge in [-0.05, 0) is 0 Å². The number of halogens is 2. The van der Waals surface area contributed by atoms with Gasteiger partial charge in [-0.3, -0.25) is 0 Å². The van der Waals surface area contributed by atoms with Crippen LogP contribution in [0.4, 0.5) is 0 Å². The zero-order valence-corrected chi connectivity index (χ0v) is 28.3. The van der Waals surface area contributed by atoms with Crippen LogP contribution in [0.2, 0.25) is 4.63 Å². The van der Waals surface area contributed by atoms with Gasteiger partial charge in [0.25, 0.3) is 0 Å². The normalized spacial score (nSPS) is 20.0. The van der Waals surface area contributed by atoms with Crippen LogP contribution < -0.4 is 0 Å². The van der Waals surface area contributed by atoms with E-state index in [1.54, 1.807) is 33.4 Å². The van der Waals surface area contributed by atoms with Crippen molar-refractivity contribution in [2.24, 2.45) is 0 Å². The van der Waals surface area contributed by atoms with Gasteiger partial charge in [0, 0.05) is 0 Å². The van der Waals surface area contributed by atoms with Gasteiger partial charge in [0.05, 0.1) is 0 Å². The fraction of sp³-hybridized carbons (Fsp3) is 0.448. The second-order valence-corrected chi connectivity index (χ2v) is 35.0. The Morgan fingerprint density at radius 3 is 1.33 bits per heavy atom. The average molecular weight is 583 g/mol. The molecule has 0 bridgehead atoms. The monoisotopic (exact) mass is 580 g/mol. The average Bonchev–Trinajstić information content (AvgIpc) is 3.24. The summed E-state index contributed by atoms with van der Waals surface area (Å²) in [7, 11) is 1.36. The van der Waals surface area contributed by atoms with Crippen LogP contribution in [0.5, 0.6) is 0 Å². The van der Waals surface area contributed by atoms with E-state index >= 15 is 0 Å². The first kappa shape index (κ1) is 30.6. The van der Waals surface area contributed by atoms with Crippen LogP contribution in [0.25, 0.3) is 12.2 Å². The van der Waals surface area contributed by atoms with Crippen molar-refractivity contribution in [2.45, 2.75) is 79.1 Å². The summed E-state index contributed by atoms with van der Waals surface area (Å²) >= 11 is -2.52. The number of hydrogen-bond acceptors (Lipinski definition) is 0. The van der Waals surface area contributed by atoms with Gasteiger partial charge in [-0.2, -0.15) is 0 Å². The molecule has 2 aliphatic rings. The Labute approximate surface area is 222 Å². The molecule has 2 atom stereocenters. The van der Waals surface area contributed by atoms with Crippen molar-refractivity contribution in [1.82, 2.24) is 0 Å². The summed E-state index contributed by atoms with van der Waals surface area (Å²) in [6, 6.07) is 14.2. The summed E-state index contributed by atoms with van der Waals surface area (Å²) < 4.78 is 4.22. The van der Waals surface area contributed by atoms with Gasteiger partial charge >= 0.3 is 185 Å². The smallest absolute Gasteiger partial charge is 0.147 e. The SMILES string of the molecule is CC.CC1=Cc2c(C(C)C)cccc2[CH]1[Zr]([CH3])([SiH3])[CH]1C(C)=Cc2c(C(C)C)cccc21.Cl.Cl. The molecule has 0 saturated carbocycles. The molecule has 0 spiro atoms. The van der Waals surface area contributed by atoms with Crippen LogP contribution in [-0.2, 0) is 19.4 Å². The summed E-state index contributed by atoms with van der Waals surface area (Å²) in [5.74, 6) is 1.18. The Hall–Kier alpha value is -0.400. The van der Waals surface area contributed by atoms with Crippen LogP contribution in [0, 0.1) is 0 Å². The largest absolute Gasteiger partial charge is 0.147 e. The van der Waals surface area contributed by atoms with Crippen LogP contribution in [0.1, 0.15) is 108 Å². The Morgan fingerprint density at radius 1 is 0.697 bits per heavy atom. The standard InChI is InChI=1S/2C13H15.C2H6.CH3.2ClH.H3Si.Zr/c2*1-9(2)12-6-4-5-11-7-10(3)8-13(11)12;1-2;;;;;/h2*4-9H,1-3H3;1-2H3;1H3;2*1H;1H3;. The molecule has 2 aromatic carbocycles. The van der Waals surface area contributed by atoms with E-state index in [2.05, 4.69) is 94.7 Å². The molecular formula is C29H44Cl2SiZr. The molecule has 0 nitrogen and oxygen atoms in total. The number of rotatable bonds is 4. The minimum absolute atomic E-state index is 0. The maximum Gasteiger partial charge on any atom is -0.147 e. The first-order chi connectivity index (χ1) is 14.6. The molecule has 2 aliphatic carbocycles. The molecule has 4 heteroatoms. The Bertz CT molecular complexity index is 952. The molecule has 182 valence electrons. The van der Waals surface area contributed by atoms with E-state index in [4.69, 9.17) is 0 Å². The van der Waals surface area contributed by atoms with E-state index < -0.39 is 19.4 Å². The molecule has 0 aliphatic heterocycles. The van der Waals surface area contributed by atoms with Gasteiger partial charge in [-0.1, -0.05) is 13.8 Å². The molecule has 0 amide bonds. The van der Waals surface area contributed by atoms with Gasteiger partial charge in [0.2, 0.25) is 0 Å². The molecule has 0 heterocycles. The second kappa shape index (κ2) is 12.0. The van der Waals surface area contributed by atoms with Crippen LogP contribution in [-0.4, -0.2) is 7.37 Å². The number of fused-ring (bicyclic) bond motifs is 2. The van der Waals surface area contributed by atoms with Crippen molar-refractivity contribution in [3.63, 3.8) is 0 Å². The minimum Gasteiger partial charge on any atom is -0.147 e. The maximum atomic E-state index is 2.76. The van der Waals surface area contributed by atoms with Crippen LogP contribution in [0.3, 0.4) is 0 Å². The maximum absolute atomic E-state index is 2.76. The minimum atomic E-state index is -2.52. The number of benzene rings is 2. The first-order valence-electron chi connectivity index (χ1n) is 12.3. The molecular weight excluding hydrogens is 539 g/mol. The van der Waals surface area contributed by atoms with Gasteiger partial charge in [-0.25, -0.2) is 0 Å². The van der Waals surface area contributed by atoms with Crippen molar-refractivity contribution in [2.75, 3.05) is 0 Å². The molecule has 33 heavy (non-hydrogen) atoms. The number of allylic oxidation sites excluding steroid dienone is 2. The van der Waals surface area contributed by atoms with E-state index in [9.17, 15) is 0 Å². The zero-order chi connectivity index (χ0) is 23.1. The number of hydrogen-bond donors (Lipinski definition) is 0. The van der Waals surface area contributed by atoms with Gasteiger partial charge in [-0.15, -0.1) is 24.8 Å². The fourth-order valence-corrected chi connectivity index (χ4v) is 27.5. The molecule has 0 saturated heterocycles. The summed E-state index contributed by atoms with van der Waals surface area (Å²) in [6.07, 6.45) is 5.09. The summed E-state index contributed by atoms with van der Waals surface area (Å²) in [4.78, 5) is 0. The zero-order valence-electron chi connectivity index (χ0n) is 22.2. The summed E-state index contributed by atoms with van der Waals surface area (Å²) in [5.41, 5.74) is 12.8. The van der Waals surface area contributed by atoms with Gasteiger partial charge in [0.15, 0.2) is 0 Å². The van der Waals surface area contributed by atoms with Crippen molar-refractivity contribution in [3.05, 3.63) is 80.9 Å². The Morgan fingerprint density at radius 2 is 1.03 bits per heavy atom. The third-order valence-corrected chi connectivity index (χ3v) is 25.3. The summed E-state index contributed by atoms with van der Waals surface area (Å²) in [6.45, 7) is 18.2. The van der Waals surface area contributed by atoms with Crippen molar-refractivity contribution >= 4 is 44.3 Å². The van der Waals surface area contributed by atoms with E-state index in [-0.39, 0.29) is 24.8 Å². The van der Waals surface area contributed by atoms with E-state index in [1.807, 2.05) is 13.8 Å². The quantitative estimate of drug-likeness (QED) is 0.316. The third kappa shape index (κ3) is 5.40. The van der Waals surface area contributed by atoms with E-state index in [0.717, 1.165) is 7.25 Å². The second-order valence-electron chi connectivity index (χ2n) is 10.5. The van der Waals surface area contributed by atoms with Gasteiger partial charge < -0.3 is 0 Å². The van der Waals surface area contributed by atoms with Crippen LogP contribution in [0.15, 0.2) is 47.5 Å². The van der Waals surface area contributed by atoms with Crippen molar-refractivity contribution in [1.29, 1.82) is 0 Å². The first-order valence-corrected chi connectivity index (χ1v) is 25.9. The summed E-state index contributed by atoms with van der Waals surface area (Å²) in [5, 5.41) is 0. The Kier molecular flexibility index (Phi) is 11.2. The van der Waals surface area contributed by atoms with E-state index in [0.29, 0.717) is 11.8 Å². The fourth-order valence-electron chi connectivity index (χ4n) is 6.30. The predicted octanol–water partition coefficient (Wildman–Crippen LogP) is 8.90. The third-order valence-electron chi connectivity index (χ3n) is 7.36. The van der Waals surface area contributed by atoms with Crippen LogP contribution >= 0.6 is 24.8 Å². The molecule has 4 rings (SSSR count). The molecule has 0 radical (unpaired) electrons. The predicted molar refractivity (Wildman–Crippen MR) is 155 cm³/mol. The van der Waals surface area contributed by atoms with Crippen molar-refractivity contribution in [3.8, 4) is 0 Å². The Balaban J connectivity index is 0.00000133. The molecule has 2 aromatic rings. The van der Waals surface area contributed by atoms with Gasteiger partial charge in [0.1, 0.15) is 0 Å². The van der Waals surface area contributed by atoms with Crippen molar-refractivity contribution < 1.29 is 19.4 Å². The van der Waals surface area contributed by atoms with E-state index in [1.165, 1.54) is 18.5 Å². The molecule has 0 fully saturated rings.